The first kappa shape index (κ1) is 16.1. The second kappa shape index (κ2) is 5.88. The molecule has 2 aromatic carbocycles. The molecule has 2 aliphatic heterocycles. The molecule has 0 unspecified atom stereocenters. The maximum atomic E-state index is 13.2. The molecule has 2 heterocycles. The number of hydrogen-bond acceptors (Lipinski definition) is 3. The molecule has 5 nitrogen and oxygen atoms in total. The SMILES string of the molecule is O=C(c1ccccc1)N1CC[C@]2(CCN(c3ccccc3)S2(=O)=O)C1. The molecule has 1 amide bonds. The van der Waals surface area contributed by atoms with Gasteiger partial charge in [-0.15, -0.1) is 0 Å². The second-order valence-corrected chi connectivity index (χ2v) is 8.95. The minimum Gasteiger partial charge on any atom is -0.337 e. The van der Waals surface area contributed by atoms with Crippen LogP contribution in [0.2, 0.25) is 0 Å². The van der Waals surface area contributed by atoms with Crippen LogP contribution in [0.1, 0.15) is 23.2 Å². The van der Waals surface area contributed by atoms with E-state index in [-0.39, 0.29) is 12.5 Å². The predicted octanol–water partition coefficient (Wildman–Crippen LogP) is 2.51. The molecule has 0 aliphatic carbocycles. The maximum Gasteiger partial charge on any atom is 0.253 e. The van der Waals surface area contributed by atoms with E-state index in [0.717, 1.165) is 0 Å². The van der Waals surface area contributed by atoms with Gasteiger partial charge in [0.15, 0.2) is 0 Å². The highest BCUT2D eigenvalue weighted by Gasteiger charge is 2.56. The Morgan fingerprint density at radius 3 is 2.16 bits per heavy atom. The zero-order valence-electron chi connectivity index (χ0n) is 13.8. The van der Waals surface area contributed by atoms with Gasteiger partial charge in [0.25, 0.3) is 5.91 Å². The van der Waals surface area contributed by atoms with Crippen LogP contribution in [0.5, 0.6) is 0 Å². The number of likely N-dealkylation sites (tertiary alicyclic amines) is 1. The van der Waals surface area contributed by atoms with Gasteiger partial charge in [0.05, 0.1) is 5.69 Å². The molecule has 0 N–H and O–H groups in total. The lowest BCUT2D eigenvalue weighted by molar-refractivity contribution is 0.0789. The molecule has 2 aliphatic rings. The molecule has 2 saturated heterocycles. The first-order chi connectivity index (χ1) is 12.0. The van der Waals surface area contributed by atoms with Crippen LogP contribution in [0.25, 0.3) is 0 Å². The number of carbonyl (C=O) groups is 1. The molecule has 1 atom stereocenters. The standard InChI is InChI=1S/C19H20N2O3S/c22-18(16-7-3-1-4-8-16)20-13-11-19(15-20)12-14-21(25(19,23)24)17-9-5-2-6-10-17/h1-10H,11-15H2/t19-/m0/s1. The number of rotatable bonds is 2. The Hall–Kier alpha value is -2.34. The summed E-state index contributed by atoms with van der Waals surface area (Å²) in [6, 6.07) is 18.2. The van der Waals surface area contributed by atoms with Crippen molar-refractivity contribution < 1.29 is 13.2 Å². The number of nitrogens with zero attached hydrogens (tertiary/aromatic N) is 2. The van der Waals surface area contributed by atoms with Crippen molar-refractivity contribution >= 4 is 21.6 Å². The normalized spacial score (nSPS) is 24.8. The summed E-state index contributed by atoms with van der Waals surface area (Å²) >= 11 is 0. The van der Waals surface area contributed by atoms with Gasteiger partial charge in [-0.25, -0.2) is 8.42 Å². The van der Waals surface area contributed by atoms with Gasteiger partial charge in [-0.2, -0.15) is 0 Å². The first-order valence-corrected chi connectivity index (χ1v) is 9.89. The minimum atomic E-state index is -3.49. The fourth-order valence-electron chi connectivity index (χ4n) is 3.85. The van der Waals surface area contributed by atoms with Gasteiger partial charge < -0.3 is 4.90 Å². The molecule has 1 spiro atoms. The van der Waals surface area contributed by atoms with Crippen molar-refractivity contribution in [3.05, 3.63) is 66.2 Å². The Morgan fingerprint density at radius 2 is 1.48 bits per heavy atom. The van der Waals surface area contributed by atoms with Crippen molar-refractivity contribution in [2.45, 2.75) is 17.6 Å². The minimum absolute atomic E-state index is 0.0918. The van der Waals surface area contributed by atoms with Crippen molar-refractivity contribution in [1.29, 1.82) is 0 Å². The quantitative estimate of drug-likeness (QED) is 0.831. The Balaban J connectivity index is 1.59. The molecule has 25 heavy (non-hydrogen) atoms. The largest absolute Gasteiger partial charge is 0.337 e. The fraction of sp³-hybridized carbons (Fsp3) is 0.316. The number of anilines is 1. The lowest BCUT2D eigenvalue weighted by Gasteiger charge is -2.25. The van der Waals surface area contributed by atoms with E-state index >= 15 is 0 Å². The number of amides is 1. The van der Waals surface area contributed by atoms with Gasteiger partial charge in [-0.1, -0.05) is 36.4 Å². The average Bonchev–Trinajstić information content (AvgIpc) is 3.19. The van der Waals surface area contributed by atoms with Crippen LogP contribution < -0.4 is 4.31 Å². The van der Waals surface area contributed by atoms with Crippen molar-refractivity contribution in [2.75, 3.05) is 23.9 Å². The van der Waals surface area contributed by atoms with Gasteiger partial charge >= 0.3 is 0 Å². The van der Waals surface area contributed by atoms with E-state index in [1.807, 2.05) is 48.5 Å². The summed E-state index contributed by atoms with van der Waals surface area (Å²) in [5.41, 5.74) is 1.31. The molecule has 2 aromatic rings. The van der Waals surface area contributed by atoms with Crippen LogP contribution in [-0.2, 0) is 10.0 Å². The monoisotopic (exact) mass is 356 g/mol. The number of carbonyl (C=O) groups excluding carboxylic acids is 1. The molecule has 2 fully saturated rings. The predicted molar refractivity (Wildman–Crippen MR) is 97.0 cm³/mol. The summed E-state index contributed by atoms with van der Waals surface area (Å²) in [5, 5.41) is 0. The highest BCUT2D eigenvalue weighted by molar-refractivity contribution is 7.94. The smallest absolute Gasteiger partial charge is 0.253 e. The van der Waals surface area contributed by atoms with Crippen LogP contribution >= 0.6 is 0 Å². The average molecular weight is 356 g/mol. The van der Waals surface area contributed by atoms with E-state index in [1.54, 1.807) is 17.0 Å². The van der Waals surface area contributed by atoms with E-state index in [4.69, 9.17) is 0 Å². The first-order valence-electron chi connectivity index (χ1n) is 8.45. The molecule has 130 valence electrons. The molecule has 0 aromatic heterocycles. The number of benzene rings is 2. The topological polar surface area (TPSA) is 57.7 Å². The summed E-state index contributed by atoms with van der Waals surface area (Å²) in [4.78, 5) is 14.3. The molecule has 0 bridgehead atoms. The zero-order chi connectivity index (χ0) is 17.5. The van der Waals surface area contributed by atoms with E-state index in [1.165, 1.54) is 4.31 Å². The van der Waals surface area contributed by atoms with Crippen molar-refractivity contribution in [2.24, 2.45) is 0 Å². The number of para-hydroxylation sites is 1. The van der Waals surface area contributed by atoms with Gasteiger partial charge in [0.2, 0.25) is 10.0 Å². The Labute approximate surface area is 147 Å². The summed E-state index contributed by atoms with van der Waals surface area (Å²) < 4.78 is 27.1. The Kier molecular flexibility index (Phi) is 3.80. The molecule has 4 rings (SSSR count). The van der Waals surface area contributed by atoms with E-state index in [9.17, 15) is 13.2 Å². The third-order valence-electron chi connectivity index (χ3n) is 5.28. The number of hydrogen-bond donors (Lipinski definition) is 0. The summed E-state index contributed by atoms with van der Waals surface area (Å²) in [5.74, 6) is -0.0918. The van der Waals surface area contributed by atoms with Crippen LogP contribution in [-0.4, -0.2) is 43.6 Å². The van der Waals surface area contributed by atoms with Gasteiger partial charge in [0.1, 0.15) is 4.75 Å². The number of sulfonamides is 1. The lowest BCUT2D eigenvalue weighted by Crippen LogP contribution is -2.43. The summed E-state index contributed by atoms with van der Waals surface area (Å²) in [6.07, 6.45) is 1.06. The maximum absolute atomic E-state index is 13.2. The van der Waals surface area contributed by atoms with E-state index in [0.29, 0.717) is 37.2 Å². The van der Waals surface area contributed by atoms with Gasteiger partial charge in [0, 0.05) is 25.2 Å². The molecule has 6 heteroatoms. The van der Waals surface area contributed by atoms with Crippen molar-refractivity contribution in [3.63, 3.8) is 0 Å². The van der Waals surface area contributed by atoms with Gasteiger partial charge in [-0.3, -0.25) is 9.10 Å². The van der Waals surface area contributed by atoms with E-state index < -0.39 is 14.8 Å². The zero-order valence-corrected chi connectivity index (χ0v) is 14.7. The fourth-order valence-corrected chi connectivity index (χ4v) is 6.06. The van der Waals surface area contributed by atoms with Crippen LogP contribution in [0, 0.1) is 0 Å². The molecular formula is C19H20N2O3S. The van der Waals surface area contributed by atoms with E-state index in [2.05, 4.69) is 0 Å². The third-order valence-corrected chi connectivity index (χ3v) is 7.88. The van der Waals surface area contributed by atoms with Crippen LogP contribution in [0.4, 0.5) is 5.69 Å². The lowest BCUT2D eigenvalue weighted by atomic mass is 10.0. The third kappa shape index (κ3) is 2.52. The molecule has 0 saturated carbocycles. The summed E-state index contributed by atoms with van der Waals surface area (Å²) in [7, 11) is -3.49. The molecule has 0 radical (unpaired) electrons. The van der Waals surface area contributed by atoms with Crippen LogP contribution in [0.3, 0.4) is 0 Å². The van der Waals surface area contributed by atoms with Crippen LogP contribution in [0.15, 0.2) is 60.7 Å². The van der Waals surface area contributed by atoms with Crippen molar-refractivity contribution in [3.8, 4) is 0 Å². The molecular weight excluding hydrogens is 336 g/mol. The Morgan fingerprint density at radius 1 is 0.880 bits per heavy atom. The second-order valence-electron chi connectivity index (χ2n) is 6.69. The van der Waals surface area contributed by atoms with Crippen molar-refractivity contribution in [1.82, 2.24) is 4.90 Å². The summed E-state index contributed by atoms with van der Waals surface area (Å²) in [6.45, 7) is 1.22. The highest BCUT2D eigenvalue weighted by Crippen LogP contribution is 2.42. The Bertz CT molecular complexity index is 883. The highest BCUT2D eigenvalue weighted by atomic mass is 32.2. The van der Waals surface area contributed by atoms with Gasteiger partial charge in [-0.05, 0) is 37.1 Å².